The van der Waals surface area contributed by atoms with Crippen molar-refractivity contribution in [1.29, 1.82) is 0 Å². The number of hydrogen-bond donors (Lipinski definition) is 1. The number of rotatable bonds is 5. The Morgan fingerprint density at radius 2 is 1.68 bits per heavy atom. The van der Waals surface area contributed by atoms with Crippen LogP contribution in [0.4, 0.5) is 5.69 Å². The molecule has 1 aliphatic rings. The number of piperidine rings is 1. The number of carbonyl (C=O) groups excluding carboxylic acids is 1. The average molecular weight is 337 g/mol. The molecule has 0 aliphatic carbocycles. The molecule has 2 aromatic carbocycles. The largest absolute Gasteiger partial charge is 0.495 e. The maximum absolute atomic E-state index is 13.0. The number of anilines is 1. The van der Waals surface area contributed by atoms with E-state index in [0.717, 1.165) is 31.6 Å². The van der Waals surface area contributed by atoms with Gasteiger partial charge in [-0.05, 0) is 31.4 Å². The van der Waals surface area contributed by atoms with Crippen LogP contribution >= 0.6 is 0 Å². The first-order valence-corrected chi connectivity index (χ1v) is 8.61. The van der Waals surface area contributed by atoms with E-state index in [1.807, 2.05) is 54.6 Å². The Morgan fingerprint density at radius 1 is 1.00 bits per heavy atom. The van der Waals surface area contributed by atoms with Gasteiger partial charge in [-0.15, -0.1) is 0 Å². The second kappa shape index (κ2) is 8.33. The predicted molar refractivity (Wildman–Crippen MR) is 100 cm³/mol. The van der Waals surface area contributed by atoms with Crippen LogP contribution in [0.5, 0.6) is 5.75 Å². The summed E-state index contributed by atoms with van der Waals surface area (Å²) in [5.41, 5.74) is 4.40. The van der Waals surface area contributed by atoms with Gasteiger partial charge < -0.3 is 9.64 Å². The molecule has 5 heteroatoms. The molecule has 1 heterocycles. The van der Waals surface area contributed by atoms with E-state index in [2.05, 4.69) is 15.4 Å². The number of amidine groups is 1. The van der Waals surface area contributed by atoms with E-state index in [1.165, 1.54) is 6.42 Å². The minimum absolute atomic E-state index is 0.0649. The molecule has 1 N–H and O–H groups in total. The predicted octanol–water partition coefficient (Wildman–Crippen LogP) is 3.79. The fourth-order valence-corrected chi connectivity index (χ4v) is 2.94. The normalized spacial score (nSPS) is 14.9. The monoisotopic (exact) mass is 337 g/mol. The van der Waals surface area contributed by atoms with Crippen LogP contribution in [0, 0.1) is 0 Å². The van der Waals surface area contributed by atoms with Crippen molar-refractivity contribution in [2.75, 3.05) is 25.6 Å². The van der Waals surface area contributed by atoms with Crippen LogP contribution in [0.2, 0.25) is 0 Å². The van der Waals surface area contributed by atoms with Gasteiger partial charge in [-0.2, -0.15) is 5.10 Å². The Bertz CT molecular complexity index is 738. The highest BCUT2D eigenvalue weighted by molar-refractivity contribution is 6.45. The van der Waals surface area contributed by atoms with Gasteiger partial charge in [-0.1, -0.05) is 42.5 Å². The van der Waals surface area contributed by atoms with Gasteiger partial charge in [0, 0.05) is 18.7 Å². The van der Waals surface area contributed by atoms with E-state index >= 15 is 0 Å². The standard InChI is InChI=1S/C20H23N3O2/c1-25-18-13-7-6-12-17(18)21-22-20(23-14-8-3-9-15-23)19(24)16-10-4-2-5-11-16/h2,4-7,10-13,21H,3,8-9,14-15H2,1H3/b22-20-. The number of ether oxygens (including phenoxy) is 1. The first-order valence-electron chi connectivity index (χ1n) is 8.61. The van der Waals surface area contributed by atoms with Gasteiger partial charge in [0.05, 0.1) is 12.8 Å². The zero-order chi connectivity index (χ0) is 17.5. The number of methoxy groups -OCH3 is 1. The maximum Gasteiger partial charge on any atom is 0.229 e. The second-order valence-electron chi connectivity index (χ2n) is 5.99. The highest BCUT2D eigenvalue weighted by Crippen LogP contribution is 2.23. The molecule has 1 fully saturated rings. The van der Waals surface area contributed by atoms with Gasteiger partial charge in [-0.25, -0.2) is 0 Å². The zero-order valence-corrected chi connectivity index (χ0v) is 14.4. The number of ketones is 1. The van der Waals surface area contributed by atoms with Crippen molar-refractivity contribution >= 4 is 17.3 Å². The van der Waals surface area contributed by atoms with E-state index in [9.17, 15) is 4.79 Å². The number of benzene rings is 2. The van der Waals surface area contributed by atoms with E-state index < -0.39 is 0 Å². The molecule has 3 rings (SSSR count). The van der Waals surface area contributed by atoms with Crippen molar-refractivity contribution in [3.8, 4) is 5.75 Å². The van der Waals surface area contributed by atoms with Gasteiger partial charge >= 0.3 is 0 Å². The Morgan fingerprint density at radius 3 is 2.40 bits per heavy atom. The Hall–Kier alpha value is -2.82. The van der Waals surface area contributed by atoms with E-state index in [4.69, 9.17) is 4.74 Å². The number of hydrazone groups is 1. The molecule has 0 amide bonds. The van der Waals surface area contributed by atoms with E-state index in [1.54, 1.807) is 7.11 Å². The van der Waals surface area contributed by atoms with Crippen molar-refractivity contribution in [2.24, 2.45) is 5.10 Å². The smallest absolute Gasteiger partial charge is 0.229 e. The molecule has 1 saturated heterocycles. The van der Waals surface area contributed by atoms with Crippen molar-refractivity contribution in [2.45, 2.75) is 19.3 Å². The van der Waals surface area contributed by atoms with Crippen molar-refractivity contribution in [3.05, 3.63) is 60.2 Å². The van der Waals surface area contributed by atoms with E-state index in [0.29, 0.717) is 17.1 Å². The zero-order valence-electron chi connectivity index (χ0n) is 14.4. The lowest BCUT2D eigenvalue weighted by atomic mass is 10.1. The fourth-order valence-electron chi connectivity index (χ4n) is 2.94. The van der Waals surface area contributed by atoms with Gasteiger partial charge in [0.25, 0.3) is 0 Å². The summed E-state index contributed by atoms with van der Waals surface area (Å²) in [5, 5.41) is 4.47. The number of likely N-dealkylation sites (tertiary alicyclic amines) is 1. The summed E-state index contributed by atoms with van der Waals surface area (Å²) in [5.74, 6) is 1.08. The van der Waals surface area contributed by atoms with Crippen LogP contribution < -0.4 is 10.2 Å². The van der Waals surface area contributed by atoms with Crippen molar-refractivity contribution in [3.63, 3.8) is 0 Å². The first kappa shape index (κ1) is 17.0. The van der Waals surface area contributed by atoms with Crippen molar-refractivity contribution < 1.29 is 9.53 Å². The second-order valence-corrected chi connectivity index (χ2v) is 5.99. The third-order valence-corrected chi connectivity index (χ3v) is 4.28. The Balaban J connectivity index is 1.89. The third-order valence-electron chi connectivity index (χ3n) is 4.28. The molecular weight excluding hydrogens is 314 g/mol. The van der Waals surface area contributed by atoms with Gasteiger partial charge in [0.1, 0.15) is 5.75 Å². The highest BCUT2D eigenvalue weighted by Gasteiger charge is 2.23. The van der Waals surface area contributed by atoms with Gasteiger partial charge in [-0.3, -0.25) is 10.2 Å². The molecule has 130 valence electrons. The fraction of sp³-hybridized carbons (Fsp3) is 0.300. The maximum atomic E-state index is 13.0. The highest BCUT2D eigenvalue weighted by atomic mass is 16.5. The summed E-state index contributed by atoms with van der Waals surface area (Å²) in [6.45, 7) is 1.70. The molecule has 0 bridgehead atoms. The minimum atomic E-state index is -0.0649. The Kier molecular flexibility index (Phi) is 5.67. The van der Waals surface area contributed by atoms with Crippen LogP contribution in [0.25, 0.3) is 0 Å². The molecule has 2 aromatic rings. The molecule has 0 spiro atoms. The molecule has 0 saturated carbocycles. The quantitative estimate of drug-likeness (QED) is 0.390. The molecule has 5 nitrogen and oxygen atoms in total. The minimum Gasteiger partial charge on any atom is -0.495 e. The molecular formula is C20H23N3O2. The lowest BCUT2D eigenvalue weighted by Gasteiger charge is -2.29. The number of hydrogen-bond acceptors (Lipinski definition) is 4. The first-order chi connectivity index (χ1) is 12.3. The summed E-state index contributed by atoms with van der Waals surface area (Å²) in [4.78, 5) is 15.0. The summed E-state index contributed by atoms with van der Waals surface area (Å²) in [7, 11) is 1.62. The molecule has 0 unspecified atom stereocenters. The van der Waals surface area contributed by atoms with Crippen molar-refractivity contribution in [1.82, 2.24) is 4.90 Å². The number of carbonyl (C=O) groups is 1. The average Bonchev–Trinajstić information content (AvgIpc) is 2.70. The van der Waals surface area contributed by atoms with Crippen LogP contribution in [-0.2, 0) is 0 Å². The third kappa shape index (κ3) is 4.18. The number of nitrogens with one attached hydrogen (secondary N) is 1. The molecule has 0 radical (unpaired) electrons. The molecule has 0 atom stereocenters. The van der Waals surface area contributed by atoms with Crippen LogP contribution in [0.3, 0.4) is 0 Å². The van der Waals surface area contributed by atoms with Crippen LogP contribution in [0.15, 0.2) is 59.7 Å². The summed E-state index contributed by atoms with van der Waals surface area (Å²) in [6, 6.07) is 16.8. The SMILES string of the molecule is COc1ccccc1N/N=C(/C(=O)c1ccccc1)N1CCCCC1. The summed E-state index contributed by atoms with van der Waals surface area (Å²) >= 11 is 0. The van der Waals surface area contributed by atoms with Gasteiger partial charge in [0.15, 0.2) is 5.84 Å². The lowest BCUT2D eigenvalue weighted by Crippen LogP contribution is -2.40. The molecule has 1 aliphatic heterocycles. The molecule has 0 aromatic heterocycles. The summed E-state index contributed by atoms with van der Waals surface area (Å²) in [6.07, 6.45) is 3.36. The topological polar surface area (TPSA) is 53.9 Å². The van der Waals surface area contributed by atoms with E-state index in [-0.39, 0.29) is 5.78 Å². The lowest BCUT2D eigenvalue weighted by molar-refractivity contribution is 0.104. The van der Waals surface area contributed by atoms with Crippen LogP contribution in [-0.4, -0.2) is 36.7 Å². The number of nitrogens with zero attached hydrogens (tertiary/aromatic N) is 2. The number of Topliss-reactive ketones (excluding diaryl/α,β-unsaturated/α-hetero) is 1. The summed E-state index contributed by atoms with van der Waals surface area (Å²) < 4.78 is 5.34. The van der Waals surface area contributed by atoms with Gasteiger partial charge in [0.2, 0.25) is 5.78 Å². The Labute approximate surface area is 148 Å². The molecule has 25 heavy (non-hydrogen) atoms. The van der Waals surface area contributed by atoms with Crippen LogP contribution in [0.1, 0.15) is 29.6 Å². The number of para-hydroxylation sites is 2.